The van der Waals surface area contributed by atoms with Crippen LogP contribution in [0.5, 0.6) is 5.75 Å². The van der Waals surface area contributed by atoms with E-state index in [4.69, 9.17) is 4.74 Å². The smallest absolute Gasteiger partial charge is 0.228 e. The molecule has 6 nitrogen and oxygen atoms in total. The highest BCUT2D eigenvalue weighted by molar-refractivity contribution is 6.01. The number of rotatable bonds is 6. The predicted molar refractivity (Wildman–Crippen MR) is 101 cm³/mol. The average molecular weight is 359 g/mol. The molecule has 1 N–H and O–H groups in total. The summed E-state index contributed by atoms with van der Waals surface area (Å²) in [6.45, 7) is 7.06. The molecular formula is C20H29N3O3. The molecule has 2 aliphatic heterocycles. The van der Waals surface area contributed by atoms with Crippen LogP contribution >= 0.6 is 0 Å². The van der Waals surface area contributed by atoms with Crippen LogP contribution in [0.3, 0.4) is 0 Å². The molecule has 2 amide bonds. The van der Waals surface area contributed by atoms with Gasteiger partial charge in [-0.1, -0.05) is 13.0 Å². The molecule has 2 unspecified atom stereocenters. The van der Waals surface area contributed by atoms with E-state index in [1.165, 1.54) is 0 Å². The highest BCUT2D eigenvalue weighted by Crippen LogP contribution is 2.34. The lowest BCUT2D eigenvalue weighted by molar-refractivity contribution is -0.137. The second kappa shape index (κ2) is 8.08. The summed E-state index contributed by atoms with van der Waals surface area (Å²) in [6, 6.07) is 6.04. The largest absolute Gasteiger partial charge is 0.495 e. The van der Waals surface area contributed by atoms with Gasteiger partial charge < -0.3 is 19.9 Å². The number of aryl methyl sites for hydroxylation is 1. The number of carbonyl (C=O) groups excluding carboxylic acids is 2. The fourth-order valence-electron chi connectivity index (χ4n) is 3.97. The molecular weight excluding hydrogens is 330 g/mol. The molecule has 1 aromatic rings. The number of carbonyl (C=O) groups is 2. The number of methoxy groups -OCH3 is 1. The summed E-state index contributed by atoms with van der Waals surface area (Å²) in [5.74, 6) is 0.499. The minimum absolute atomic E-state index is 0.00625. The summed E-state index contributed by atoms with van der Waals surface area (Å²) in [6.07, 6.45) is 2.19. The molecule has 1 aromatic carbocycles. The van der Waals surface area contributed by atoms with Crippen molar-refractivity contribution in [3.63, 3.8) is 0 Å². The number of amides is 2. The molecule has 6 heteroatoms. The van der Waals surface area contributed by atoms with Crippen LogP contribution in [-0.2, 0) is 9.59 Å². The normalized spacial score (nSPS) is 22.7. The molecule has 2 atom stereocenters. The Morgan fingerprint density at radius 3 is 2.88 bits per heavy atom. The Labute approximate surface area is 155 Å². The van der Waals surface area contributed by atoms with Crippen LogP contribution in [0.4, 0.5) is 5.69 Å². The van der Waals surface area contributed by atoms with Crippen molar-refractivity contribution >= 4 is 17.5 Å². The van der Waals surface area contributed by atoms with Gasteiger partial charge in [0.25, 0.3) is 0 Å². The zero-order chi connectivity index (χ0) is 18.7. The van der Waals surface area contributed by atoms with E-state index in [1.807, 2.05) is 30.0 Å². The van der Waals surface area contributed by atoms with Crippen LogP contribution in [0.25, 0.3) is 0 Å². The van der Waals surface area contributed by atoms with Gasteiger partial charge in [0.1, 0.15) is 5.75 Å². The van der Waals surface area contributed by atoms with E-state index >= 15 is 0 Å². The first-order valence-corrected chi connectivity index (χ1v) is 9.51. The first-order chi connectivity index (χ1) is 12.5. The molecule has 2 heterocycles. The molecule has 0 radical (unpaired) electrons. The van der Waals surface area contributed by atoms with Gasteiger partial charge in [0, 0.05) is 32.1 Å². The van der Waals surface area contributed by atoms with Crippen LogP contribution < -0.4 is 15.0 Å². The molecule has 3 rings (SSSR count). The number of benzene rings is 1. The Balaban J connectivity index is 1.78. The van der Waals surface area contributed by atoms with Crippen LogP contribution in [0.1, 0.15) is 31.7 Å². The van der Waals surface area contributed by atoms with Gasteiger partial charge in [-0.2, -0.15) is 0 Å². The molecule has 142 valence electrons. The summed E-state index contributed by atoms with van der Waals surface area (Å²) < 4.78 is 5.43. The fraction of sp³-hybridized carbons (Fsp3) is 0.600. The van der Waals surface area contributed by atoms with Gasteiger partial charge in [0.05, 0.1) is 18.7 Å². The third-order valence-electron chi connectivity index (χ3n) is 5.32. The van der Waals surface area contributed by atoms with E-state index < -0.39 is 0 Å². The number of nitrogens with zero attached hydrogens (tertiary/aromatic N) is 2. The van der Waals surface area contributed by atoms with Gasteiger partial charge in [-0.05, 0) is 44.0 Å². The van der Waals surface area contributed by atoms with Crippen molar-refractivity contribution in [3.05, 3.63) is 23.8 Å². The van der Waals surface area contributed by atoms with Crippen molar-refractivity contribution in [2.45, 2.75) is 39.2 Å². The zero-order valence-electron chi connectivity index (χ0n) is 16.0. The Morgan fingerprint density at radius 1 is 1.42 bits per heavy atom. The summed E-state index contributed by atoms with van der Waals surface area (Å²) in [5, 5.41) is 3.33. The van der Waals surface area contributed by atoms with Crippen molar-refractivity contribution in [1.82, 2.24) is 10.2 Å². The van der Waals surface area contributed by atoms with Crippen LogP contribution in [-0.4, -0.2) is 56.0 Å². The molecule has 0 spiro atoms. The fourth-order valence-corrected chi connectivity index (χ4v) is 3.97. The Bertz CT molecular complexity index is 670. The van der Waals surface area contributed by atoms with Gasteiger partial charge in [-0.3, -0.25) is 9.59 Å². The molecule has 0 saturated carbocycles. The number of ether oxygens (including phenoxy) is 1. The van der Waals surface area contributed by atoms with Gasteiger partial charge >= 0.3 is 0 Å². The first kappa shape index (κ1) is 18.7. The van der Waals surface area contributed by atoms with E-state index in [0.717, 1.165) is 43.7 Å². The van der Waals surface area contributed by atoms with Crippen molar-refractivity contribution in [1.29, 1.82) is 0 Å². The van der Waals surface area contributed by atoms with E-state index in [0.29, 0.717) is 12.3 Å². The van der Waals surface area contributed by atoms with Gasteiger partial charge in [0.2, 0.25) is 11.8 Å². The van der Waals surface area contributed by atoms with Crippen LogP contribution in [0, 0.1) is 12.8 Å². The molecule has 0 bridgehead atoms. The maximum absolute atomic E-state index is 13.2. The minimum atomic E-state index is -0.278. The first-order valence-electron chi connectivity index (χ1n) is 9.51. The zero-order valence-corrected chi connectivity index (χ0v) is 16.0. The van der Waals surface area contributed by atoms with Gasteiger partial charge in [-0.15, -0.1) is 0 Å². The lowest BCUT2D eigenvalue weighted by Gasteiger charge is -2.30. The summed E-state index contributed by atoms with van der Waals surface area (Å²) in [4.78, 5) is 29.5. The summed E-state index contributed by atoms with van der Waals surface area (Å²) in [7, 11) is 1.60. The molecule has 26 heavy (non-hydrogen) atoms. The maximum atomic E-state index is 13.2. The summed E-state index contributed by atoms with van der Waals surface area (Å²) in [5.41, 5.74) is 1.82. The van der Waals surface area contributed by atoms with Crippen molar-refractivity contribution < 1.29 is 14.3 Å². The lowest BCUT2D eigenvalue weighted by Crippen LogP contribution is -2.45. The third kappa shape index (κ3) is 3.70. The molecule has 2 saturated heterocycles. The predicted octanol–water partition coefficient (Wildman–Crippen LogP) is 1.96. The van der Waals surface area contributed by atoms with Crippen LogP contribution in [0.15, 0.2) is 18.2 Å². The number of anilines is 1. The van der Waals surface area contributed by atoms with E-state index in [-0.39, 0.29) is 30.2 Å². The Hall–Kier alpha value is -2.08. The molecule has 2 aliphatic rings. The van der Waals surface area contributed by atoms with E-state index in [1.54, 1.807) is 12.0 Å². The molecule has 0 aromatic heterocycles. The number of hydrogen-bond donors (Lipinski definition) is 1. The topological polar surface area (TPSA) is 61.9 Å². The van der Waals surface area contributed by atoms with Gasteiger partial charge in [0.15, 0.2) is 0 Å². The Kier molecular flexibility index (Phi) is 5.81. The molecule has 0 aliphatic carbocycles. The molecule has 2 fully saturated rings. The maximum Gasteiger partial charge on any atom is 0.228 e. The minimum Gasteiger partial charge on any atom is -0.495 e. The second-order valence-corrected chi connectivity index (χ2v) is 7.26. The standard InChI is InChI=1S/C20H29N3O3/c1-4-9-22(16-7-8-21-12-16)20(25)15-11-19(24)23(13-15)17-10-14(2)5-6-18(17)26-3/h5-6,10,15-16,21H,4,7-9,11-13H2,1-3H3. The lowest BCUT2D eigenvalue weighted by atomic mass is 10.0. The summed E-state index contributed by atoms with van der Waals surface area (Å²) >= 11 is 0. The SMILES string of the molecule is CCCN(C(=O)C1CC(=O)N(c2cc(C)ccc2OC)C1)C1CCNC1. The highest BCUT2D eigenvalue weighted by atomic mass is 16.5. The average Bonchev–Trinajstić information content (AvgIpc) is 3.29. The third-order valence-corrected chi connectivity index (χ3v) is 5.32. The Morgan fingerprint density at radius 2 is 2.23 bits per heavy atom. The number of hydrogen-bond acceptors (Lipinski definition) is 4. The quantitative estimate of drug-likeness (QED) is 0.843. The monoisotopic (exact) mass is 359 g/mol. The second-order valence-electron chi connectivity index (χ2n) is 7.26. The van der Waals surface area contributed by atoms with E-state index in [2.05, 4.69) is 12.2 Å². The van der Waals surface area contributed by atoms with Crippen LogP contribution in [0.2, 0.25) is 0 Å². The van der Waals surface area contributed by atoms with E-state index in [9.17, 15) is 9.59 Å². The highest BCUT2D eigenvalue weighted by Gasteiger charge is 2.39. The number of nitrogens with one attached hydrogen (secondary N) is 1. The van der Waals surface area contributed by atoms with Crippen molar-refractivity contribution in [2.75, 3.05) is 38.2 Å². The van der Waals surface area contributed by atoms with Gasteiger partial charge in [-0.25, -0.2) is 0 Å². The van der Waals surface area contributed by atoms with Crippen molar-refractivity contribution in [2.24, 2.45) is 5.92 Å². The van der Waals surface area contributed by atoms with Crippen molar-refractivity contribution in [3.8, 4) is 5.75 Å².